The van der Waals surface area contributed by atoms with Gasteiger partial charge in [-0.1, -0.05) is 17.7 Å². The summed E-state index contributed by atoms with van der Waals surface area (Å²) in [5.41, 5.74) is 2.66. The molecule has 0 radical (unpaired) electrons. The molecule has 3 rings (SSSR count). The smallest absolute Gasteiger partial charge is 0.210 e. The molecule has 23 heavy (non-hydrogen) atoms. The summed E-state index contributed by atoms with van der Waals surface area (Å²) in [4.78, 5) is 7.36. The average Bonchev–Trinajstić information content (AvgIpc) is 3.00. The Kier molecular flexibility index (Phi) is 4.15. The Hall–Kier alpha value is -1.88. The Balaban J connectivity index is 2.19. The Labute approximate surface area is 138 Å². The number of hydrogen-bond donors (Lipinski definition) is 0. The molecule has 0 bridgehead atoms. The third kappa shape index (κ3) is 2.98. The maximum absolute atomic E-state index is 13.2. The van der Waals surface area contributed by atoms with E-state index in [0.717, 1.165) is 42.8 Å². The van der Waals surface area contributed by atoms with Gasteiger partial charge in [0.15, 0.2) is 0 Å². The van der Waals surface area contributed by atoms with Crippen molar-refractivity contribution < 1.29 is 8.42 Å². The van der Waals surface area contributed by atoms with Gasteiger partial charge in [0.2, 0.25) is 9.84 Å². The Morgan fingerprint density at radius 1 is 1.00 bits per heavy atom. The molecule has 1 fully saturated rings. The van der Waals surface area contributed by atoms with Crippen LogP contribution in [-0.2, 0) is 9.84 Å². The molecule has 2 aromatic rings. The first-order chi connectivity index (χ1) is 10.9. The monoisotopic (exact) mass is 330 g/mol. The van der Waals surface area contributed by atoms with Crippen LogP contribution in [0.5, 0.6) is 0 Å². The van der Waals surface area contributed by atoms with Crippen LogP contribution >= 0.6 is 0 Å². The van der Waals surface area contributed by atoms with Crippen molar-refractivity contribution in [2.45, 2.75) is 43.4 Å². The minimum Gasteiger partial charge on any atom is -0.356 e. The molecule has 0 aliphatic carbocycles. The van der Waals surface area contributed by atoms with E-state index >= 15 is 0 Å². The highest BCUT2D eigenvalue weighted by Crippen LogP contribution is 2.33. The summed E-state index contributed by atoms with van der Waals surface area (Å²) in [5, 5.41) is 0. The minimum absolute atomic E-state index is 0.331. The van der Waals surface area contributed by atoms with E-state index in [-0.39, 0.29) is 0 Å². The third-order valence-electron chi connectivity index (χ3n) is 4.27. The second kappa shape index (κ2) is 5.96. The lowest BCUT2D eigenvalue weighted by atomic mass is 10.2. The van der Waals surface area contributed by atoms with Gasteiger partial charge in [-0.05, 0) is 57.4 Å². The highest BCUT2D eigenvalue weighted by molar-refractivity contribution is 7.91. The fourth-order valence-corrected chi connectivity index (χ4v) is 4.74. The van der Waals surface area contributed by atoms with E-state index in [1.165, 1.54) is 0 Å². The van der Waals surface area contributed by atoms with Gasteiger partial charge < -0.3 is 4.90 Å². The quantitative estimate of drug-likeness (QED) is 0.865. The van der Waals surface area contributed by atoms with Crippen molar-refractivity contribution in [2.24, 2.45) is 0 Å². The first-order valence-corrected chi connectivity index (χ1v) is 9.43. The van der Waals surface area contributed by atoms with Gasteiger partial charge in [0.1, 0.15) is 10.7 Å². The molecular weight excluding hydrogens is 308 g/mol. The summed E-state index contributed by atoms with van der Waals surface area (Å²) in [7, 11) is -3.58. The van der Waals surface area contributed by atoms with E-state index in [4.69, 9.17) is 0 Å². The van der Waals surface area contributed by atoms with Crippen LogP contribution in [-0.4, -0.2) is 26.5 Å². The minimum atomic E-state index is -3.58. The molecule has 5 heteroatoms. The van der Waals surface area contributed by atoms with E-state index in [2.05, 4.69) is 9.88 Å². The lowest BCUT2D eigenvalue weighted by Gasteiger charge is -2.22. The lowest BCUT2D eigenvalue weighted by Crippen LogP contribution is -2.23. The fourth-order valence-electron chi connectivity index (χ4n) is 3.12. The predicted molar refractivity (Wildman–Crippen MR) is 91.8 cm³/mol. The molecule has 2 heterocycles. The van der Waals surface area contributed by atoms with Gasteiger partial charge in [-0.2, -0.15) is 0 Å². The van der Waals surface area contributed by atoms with Gasteiger partial charge >= 0.3 is 0 Å². The molecule has 0 amide bonds. The number of benzene rings is 1. The number of sulfone groups is 1. The molecule has 1 saturated heterocycles. The van der Waals surface area contributed by atoms with E-state index in [1.807, 2.05) is 39.0 Å². The molecule has 1 aliphatic heterocycles. The second-order valence-electron chi connectivity index (χ2n) is 6.24. The second-order valence-corrected chi connectivity index (χ2v) is 8.13. The van der Waals surface area contributed by atoms with Crippen molar-refractivity contribution in [3.63, 3.8) is 0 Å². The van der Waals surface area contributed by atoms with Crippen LogP contribution < -0.4 is 4.90 Å². The summed E-state index contributed by atoms with van der Waals surface area (Å²) < 4.78 is 26.4. The molecular formula is C18H22N2O2S. The molecule has 122 valence electrons. The number of aryl methyl sites for hydroxylation is 3. The summed E-state index contributed by atoms with van der Waals surface area (Å²) >= 11 is 0. The lowest BCUT2D eigenvalue weighted by molar-refractivity contribution is 0.594. The van der Waals surface area contributed by atoms with Crippen LogP contribution in [0.1, 0.15) is 29.7 Å². The number of aromatic nitrogens is 1. The molecule has 1 aromatic heterocycles. The number of pyridine rings is 1. The first-order valence-electron chi connectivity index (χ1n) is 7.94. The SMILES string of the molecule is Cc1ccc(S(=O)(=O)c2c(C)cc(C)nc2N2CCCC2)cc1. The van der Waals surface area contributed by atoms with E-state index in [1.54, 1.807) is 12.1 Å². The number of hydrogen-bond acceptors (Lipinski definition) is 4. The zero-order valence-electron chi connectivity index (χ0n) is 13.8. The van der Waals surface area contributed by atoms with Crippen molar-refractivity contribution in [1.82, 2.24) is 4.98 Å². The first kappa shape index (κ1) is 16.0. The van der Waals surface area contributed by atoms with E-state index in [0.29, 0.717) is 15.6 Å². The molecule has 0 saturated carbocycles. The molecule has 0 atom stereocenters. The normalized spacial score (nSPS) is 15.2. The molecule has 0 N–H and O–H groups in total. The van der Waals surface area contributed by atoms with Crippen LogP contribution in [0.2, 0.25) is 0 Å². The number of anilines is 1. The van der Waals surface area contributed by atoms with Crippen LogP contribution in [0.4, 0.5) is 5.82 Å². The van der Waals surface area contributed by atoms with Crippen LogP contribution in [0.15, 0.2) is 40.1 Å². The highest BCUT2D eigenvalue weighted by atomic mass is 32.2. The summed E-state index contributed by atoms with van der Waals surface area (Å²) in [6.45, 7) is 7.45. The Bertz CT molecular complexity index is 821. The zero-order chi connectivity index (χ0) is 16.6. The molecule has 4 nitrogen and oxygen atoms in total. The molecule has 1 aromatic carbocycles. The Morgan fingerprint density at radius 2 is 1.61 bits per heavy atom. The van der Waals surface area contributed by atoms with Gasteiger partial charge in [0, 0.05) is 18.8 Å². The largest absolute Gasteiger partial charge is 0.356 e. The van der Waals surface area contributed by atoms with Crippen molar-refractivity contribution in [1.29, 1.82) is 0 Å². The van der Waals surface area contributed by atoms with E-state index < -0.39 is 9.84 Å². The van der Waals surface area contributed by atoms with Crippen LogP contribution in [0.25, 0.3) is 0 Å². The molecule has 0 spiro atoms. The molecule has 0 unspecified atom stereocenters. The van der Waals surface area contributed by atoms with Gasteiger partial charge in [-0.3, -0.25) is 0 Å². The van der Waals surface area contributed by atoms with Crippen molar-refractivity contribution in [3.8, 4) is 0 Å². The standard InChI is InChI=1S/C18H22N2O2S/c1-13-6-8-16(9-7-13)23(21,22)17-14(2)12-15(3)19-18(17)20-10-4-5-11-20/h6-9,12H,4-5,10-11H2,1-3H3. The molecule has 1 aliphatic rings. The van der Waals surface area contributed by atoms with Gasteiger partial charge in [-0.25, -0.2) is 13.4 Å². The van der Waals surface area contributed by atoms with Gasteiger partial charge in [0.05, 0.1) is 4.90 Å². The summed E-state index contributed by atoms with van der Waals surface area (Å²) in [6.07, 6.45) is 2.16. The predicted octanol–water partition coefficient (Wildman–Crippen LogP) is 3.44. The summed E-state index contributed by atoms with van der Waals surface area (Å²) in [5.74, 6) is 0.612. The Morgan fingerprint density at radius 3 is 2.22 bits per heavy atom. The fraction of sp³-hybridized carbons (Fsp3) is 0.389. The van der Waals surface area contributed by atoms with Gasteiger partial charge in [-0.15, -0.1) is 0 Å². The zero-order valence-corrected chi connectivity index (χ0v) is 14.7. The highest BCUT2D eigenvalue weighted by Gasteiger charge is 2.29. The van der Waals surface area contributed by atoms with Crippen molar-refractivity contribution in [2.75, 3.05) is 18.0 Å². The van der Waals surface area contributed by atoms with Gasteiger partial charge in [0.25, 0.3) is 0 Å². The van der Waals surface area contributed by atoms with Crippen molar-refractivity contribution in [3.05, 3.63) is 47.2 Å². The summed E-state index contributed by atoms with van der Waals surface area (Å²) in [6, 6.07) is 8.87. The average molecular weight is 330 g/mol. The third-order valence-corrected chi connectivity index (χ3v) is 6.21. The number of nitrogens with zero attached hydrogens (tertiary/aromatic N) is 2. The number of rotatable bonds is 3. The van der Waals surface area contributed by atoms with Crippen LogP contribution in [0, 0.1) is 20.8 Å². The maximum Gasteiger partial charge on any atom is 0.210 e. The topological polar surface area (TPSA) is 50.3 Å². The maximum atomic E-state index is 13.2. The van der Waals surface area contributed by atoms with E-state index in [9.17, 15) is 8.42 Å². The van der Waals surface area contributed by atoms with Crippen LogP contribution in [0.3, 0.4) is 0 Å². The van der Waals surface area contributed by atoms with Crippen molar-refractivity contribution >= 4 is 15.7 Å².